The second-order valence-electron chi connectivity index (χ2n) is 4.81. The maximum atomic E-state index is 11.6. The lowest BCUT2D eigenvalue weighted by atomic mass is 9.91. The molecule has 1 aromatic rings. The molecule has 0 atom stereocenters. The van der Waals surface area contributed by atoms with Crippen molar-refractivity contribution in [1.82, 2.24) is 4.90 Å². The van der Waals surface area contributed by atoms with Gasteiger partial charge in [0.15, 0.2) is 0 Å². The molecule has 0 saturated carbocycles. The van der Waals surface area contributed by atoms with E-state index in [2.05, 4.69) is 4.90 Å². The van der Waals surface area contributed by atoms with Crippen molar-refractivity contribution in [1.29, 1.82) is 0 Å². The van der Waals surface area contributed by atoms with Crippen LogP contribution in [0.15, 0.2) is 18.2 Å². The largest absolute Gasteiger partial charge is 0.480 e. The van der Waals surface area contributed by atoms with E-state index >= 15 is 0 Å². The maximum Gasteiger partial charge on any atom is 0.324 e. The molecule has 0 aromatic heterocycles. The number of hydrogen-bond acceptors (Lipinski definition) is 2. The third-order valence-corrected chi connectivity index (χ3v) is 4.30. The fraction of sp³-hybridized carbons (Fsp3) is 0.500. The van der Waals surface area contributed by atoms with Gasteiger partial charge in [-0.05, 0) is 36.1 Å². The van der Waals surface area contributed by atoms with Crippen LogP contribution < -0.4 is 0 Å². The minimum atomic E-state index is -0.758. The summed E-state index contributed by atoms with van der Waals surface area (Å²) in [6.45, 7) is 5.24. The fourth-order valence-electron chi connectivity index (χ4n) is 2.80. The van der Waals surface area contributed by atoms with Gasteiger partial charge in [-0.25, -0.2) is 0 Å². The molecule has 0 radical (unpaired) electrons. The Morgan fingerprint density at radius 1 is 1.33 bits per heavy atom. The van der Waals surface area contributed by atoms with E-state index in [4.69, 9.17) is 11.6 Å². The first-order chi connectivity index (χ1) is 8.53. The monoisotopic (exact) mass is 267 g/mol. The number of carboxylic acids is 1. The van der Waals surface area contributed by atoms with Crippen LogP contribution in [0.25, 0.3) is 0 Å². The van der Waals surface area contributed by atoms with Crippen LogP contribution in [0, 0.1) is 0 Å². The van der Waals surface area contributed by atoms with Crippen LogP contribution >= 0.6 is 11.6 Å². The molecule has 2 rings (SSSR count). The molecule has 4 heteroatoms. The molecule has 18 heavy (non-hydrogen) atoms. The van der Waals surface area contributed by atoms with Gasteiger partial charge in [0.2, 0.25) is 0 Å². The van der Waals surface area contributed by atoms with Gasteiger partial charge in [-0.15, -0.1) is 0 Å². The second kappa shape index (κ2) is 4.90. The first kappa shape index (κ1) is 13.4. The van der Waals surface area contributed by atoms with E-state index in [-0.39, 0.29) is 0 Å². The van der Waals surface area contributed by atoms with Gasteiger partial charge in [-0.3, -0.25) is 9.69 Å². The van der Waals surface area contributed by atoms with Gasteiger partial charge >= 0.3 is 5.97 Å². The molecular weight excluding hydrogens is 250 g/mol. The normalized spacial score (nSPS) is 15.7. The van der Waals surface area contributed by atoms with E-state index in [9.17, 15) is 9.90 Å². The van der Waals surface area contributed by atoms with Crippen molar-refractivity contribution in [3.63, 3.8) is 0 Å². The van der Waals surface area contributed by atoms with Crippen molar-refractivity contribution in [3.8, 4) is 0 Å². The van der Waals surface area contributed by atoms with E-state index in [1.807, 2.05) is 32.0 Å². The molecule has 1 N–H and O–H groups in total. The summed E-state index contributed by atoms with van der Waals surface area (Å²) in [6, 6.07) is 5.80. The van der Waals surface area contributed by atoms with Crippen molar-refractivity contribution in [3.05, 3.63) is 34.3 Å². The molecule has 0 unspecified atom stereocenters. The van der Waals surface area contributed by atoms with E-state index < -0.39 is 11.5 Å². The quantitative estimate of drug-likeness (QED) is 0.910. The summed E-state index contributed by atoms with van der Waals surface area (Å²) >= 11 is 5.98. The number of carboxylic acid groups (broad SMARTS) is 1. The smallest absolute Gasteiger partial charge is 0.324 e. The molecule has 3 nitrogen and oxygen atoms in total. The van der Waals surface area contributed by atoms with Crippen molar-refractivity contribution in [2.75, 3.05) is 0 Å². The lowest BCUT2D eigenvalue weighted by Gasteiger charge is -2.36. The molecule has 0 spiro atoms. The minimum absolute atomic E-state index is 0.612. The predicted octanol–water partition coefficient (Wildman–Crippen LogP) is 3.30. The Balaban J connectivity index is 2.31. The summed E-state index contributed by atoms with van der Waals surface area (Å²) < 4.78 is 0. The fourth-order valence-corrected chi connectivity index (χ4v) is 3.00. The number of hydrogen-bond donors (Lipinski definition) is 1. The number of rotatable bonds is 4. The molecule has 1 aromatic carbocycles. The average molecular weight is 268 g/mol. The van der Waals surface area contributed by atoms with Gasteiger partial charge in [0.25, 0.3) is 0 Å². The summed E-state index contributed by atoms with van der Waals surface area (Å²) in [4.78, 5) is 13.7. The molecule has 0 amide bonds. The number of halogens is 1. The number of nitrogens with zero attached hydrogens (tertiary/aromatic N) is 1. The van der Waals surface area contributed by atoms with Crippen molar-refractivity contribution in [2.45, 2.75) is 45.3 Å². The molecule has 0 saturated heterocycles. The summed E-state index contributed by atoms with van der Waals surface area (Å²) in [5.74, 6) is -0.730. The van der Waals surface area contributed by atoms with Crippen LogP contribution in [-0.4, -0.2) is 21.5 Å². The van der Waals surface area contributed by atoms with Gasteiger partial charge in [0, 0.05) is 18.1 Å². The van der Waals surface area contributed by atoms with Crippen molar-refractivity contribution < 1.29 is 9.90 Å². The SMILES string of the molecule is CCC(CC)(C(=O)O)N1Cc2ccc(Cl)cc2C1. The highest BCUT2D eigenvalue weighted by Crippen LogP contribution is 2.34. The van der Waals surface area contributed by atoms with Crippen molar-refractivity contribution >= 4 is 17.6 Å². The second-order valence-corrected chi connectivity index (χ2v) is 5.25. The van der Waals surface area contributed by atoms with E-state index in [1.165, 1.54) is 5.56 Å². The molecule has 98 valence electrons. The molecule has 1 aliphatic rings. The van der Waals surface area contributed by atoms with E-state index in [0.717, 1.165) is 5.56 Å². The summed E-state index contributed by atoms with van der Waals surface area (Å²) in [5, 5.41) is 10.3. The number of benzene rings is 1. The van der Waals surface area contributed by atoms with Crippen LogP contribution in [0.3, 0.4) is 0 Å². The third-order valence-electron chi connectivity index (χ3n) is 4.06. The topological polar surface area (TPSA) is 40.5 Å². The van der Waals surface area contributed by atoms with Crippen LogP contribution in [0.2, 0.25) is 5.02 Å². The highest BCUT2D eigenvalue weighted by Gasteiger charge is 2.43. The van der Waals surface area contributed by atoms with E-state index in [0.29, 0.717) is 31.0 Å². The third kappa shape index (κ3) is 2.02. The Labute approximate surface area is 112 Å². The van der Waals surface area contributed by atoms with Crippen LogP contribution in [-0.2, 0) is 17.9 Å². The molecule has 1 heterocycles. The summed E-state index contributed by atoms with van der Waals surface area (Å²) in [5.41, 5.74) is 1.58. The lowest BCUT2D eigenvalue weighted by molar-refractivity contribution is -0.153. The molecule has 0 fully saturated rings. The highest BCUT2D eigenvalue weighted by molar-refractivity contribution is 6.30. The first-order valence-electron chi connectivity index (χ1n) is 6.29. The van der Waals surface area contributed by atoms with Crippen LogP contribution in [0.5, 0.6) is 0 Å². The maximum absolute atomic E-state index is 11.6. The van der Waals surface area contributed by atoms with Crippen LogP contribution in [0.4, 0.5) is 0 Å². The molecule has 0 bridgehead atoms. The summed E-state index contributed by atoms with van der Waals surface area (Å²) in [7, 11) is 0. The standard InChI is InChI=1S/C14H18ClNO2/c1-3-14(4-2,13(17)18)16-8-10-5-6-12(15)7-11(10)9-16/h5-7H,3-4,8-9H2,1-2H3,(H,17,18). The zero-order chi connectivity index (χ0) is 13.3. The summed E-state index contributed by atoms with van der Waals surface area (Å²) in [6.07, 6.45) is 1.22. The molecule has 1 aliphatic heterocycles. The molecular formula is C14H18ClNO2. The van der Waals surface area contributed by atoms with Gasteiger partial charge in [-0.2, -0.15) is 0 Å². The minimum Gasteiger partial charge on any atom is -0.480 e. The predicted molar refractivity (Wildman–Crippen MR) is 71.6 cm³/mol. The number of aliphatic carboxylic acids is 1. The van der Waals surface area contributed by atoms with Crippen molar-refractivity contribution in [2.24, 2.45) is 0 Å². The number of fused-ring (bicyclic) bond motifs is 1. The Morgan fingerprint density at radius 3 is 2.50 bits per heavy atom. The highest BCUT2D eigenvalue weighted by atomic mass is 35.5. The van der Waals surface area contributed by atoms with Crippen LogP contribution in [0.1, 0.15) is 37.8 Å². The Bertz CT molecular complexity index is 469. The zero-order valence-corrected chi connectivity index (χ0v) is 11.5. The van der Waals surface area contributed by atoms with E-state index in [1.54, 1.807) is 0 Å². The Hall–Kier alpha value is -1.06. The van der Waals surface area contributed by atoms with Gasteiger partial charge in [0.1, 0.15) is 5.54 Å². The first-order valence-corrected chi connectivity index (χ1v) is 6.67. The number of carbonyl (C=O) groups is 1. The molecule has 0 aliphatic carbocycles. The lowest BCUT2D eigenvalue weighted by Crippen LogP contribution is -2.51. The van der Waals surface area contributed by atoms with Gasteiger partial charge < -0.3 is 5.11 Å². The average Bonchev–Trinajstić information content (AvgIpc) is 2.74. The van der Waals surface area contributed by atoms with Gasteiger partial charge in [0.05, 0.1) is 0 Å². The zero-order valence-electron chi connectivity index (χ0n) is 10.7. The Morgan fingerprint density at radius 2 is 1.94 bits per heavy atom. The Kier molecular flexibility index (Phi) is 3.64. The van der Waals surface area contributed by atoms with Gasteiger partial charge in [-0.1, -0.05) is 31.5 Å².